The molecular formula is C14H22O. The minimum absolute atomic E-state index is 0.0386. The summed E-state index contributed by atoms with van der Waals surface area (Å²) in [7, 11) is 0. The summed E-state index contributed by atoms with van der Waals surface area (Å²) >= 11 is 0. The quantitative estimate of drug-likeness (QED) is 0.735. The molecule has 84 valence electrons. The zero-order valence-corrected chi connectivity index (χ0v) is 10.7. The van der Waals surface area contributed by atoms with Gasteiger partial charge < -0.3 is 5.11 Å². The van der Waals surface area contributed by atoms with Gasteiger partial charge in [0.05, 0.1) is 0 Å². The predicted octanol–water partition coefficient (Wildman–Crippen LogP) is 4.02. The van der Waals surface area contributed by atoms with Crippen LogP contribution >= 0.6 is 0 Å². The molecule has 0 aliphatic heterocycles. The summed E-state index contributed by atoms with van der Waals surface area (Å²) in [4.78, 5) is 0. The van der Waals surface area contributed by atoms with E-state index in [0.29, 0.717) is 5.75 Å². The van der Waals surface area contributed by atoms with Crippen molar-refractivity contribution in [1.82, 2.24) is 0 Å². The molecule has 0 radical (unpaired) electrons. The van der Waals surface area contributed by atoms with Gasteiger partial charge >= 0.3 is 0 Å². The maximum Gasteiger partial charge on any atom is 0.119 e. The van der Waals surface area contributed by atoms with Crippen LogP contribution in [0.15, 0.2) is 18.2 Å². The highest BCUT2D eigenvalue weighted by molar-refractivity contribution is 5.41. The topological polar surface area (TPSA) is 20.2 Å². The third-order valence-corrected chi connectivity index (χ3v) is 3.70. The molecule has 0 unspecified atom stereocenters. The number of aryl methyl sites for hydroxylation is 1. The molecule has 0 bridgehead atoms. The number of phenols is 1. The molecule has 0 amide bonds. The molecule has 0 heterocycles. The Bertz CT molecular complexity index is 356. The molecule has 15 heavy (non-hydrogen) atoms. The van der Waals surface area contributed by atoms with Crippen molar-refractivity contribution in [3.05, 3.63) is 29.3 Å². The van der Waals surface area contributed by atoms with E-state index in [1.54, 1.807) is 6.07 Å². The van der Waals surface area contributed by atoms with Gasteiger partial charge in [-0.05, 0) is 23.8 Å². The molecule has 0 aliphatic carbocycles. The van der Waals surface area contributed by atoms with E-state index in [1.807, 2.05) is 6.07 Å². The van der Waals surface area contributed by atoms with Crippen LogP contribution in [0.4, 0.5) is 0 Å². The minimum atomic E-state index is -0.0386. The van der Waals surface area contributed by atoms with E-state index in [1.165, 1.54) is 5.56 Å². The largest absolute Gasteiger partial charge is 0.508 e. The van der Waals surface area contributed by atoms with Gasteiger partial charge in [0.15, 0.2) is 0 Å². The van der Waals surface area contributed by atoms with E-state index in [0.717, 1.165) is 5.56 Å². The van der Waals surface area contributed by atoms with Crippen LogP contribution in [0.2, 0.25) is 0 Å². The maximum atomic E-state index is 9.93. The number of hydrogen-bond donors (Lipinski definition) is 1. The second-order valence-corrected chi connectivity index (χ2v) is 5.90. The van der Waals surface area contributed by atoms with Gasteiger partial charge in [-0.15, -0.1) is 0 Å². The Morgan fingerprint density at radius 1 is 1.00 bits per heavy atom. The molecule has 0 atom stereocenters. The van der Waals surface area contributed by atoms with Gasteiger partial charge in [-0.1, -0.05) is 52.3 Å². The van der Waals surface area contributed by atoms with Crippen molar-refractivity contribution in [3.63, 3.8) is 0 Å². The van der Waals surface area contributed by atoms with Gasteiger partial charge in [0, 0.05) is 5.56 Å². The Kier molecular flexibility index (Phi) is 2.86. The summed E-state index contributed by atoms with van der Waals surface area (Å²) < 4.78 is 0. The Hall–Kier alpha value is -0.980. The van der Waals surface area contributed by atoms with Gasteiger partial charge in [-0.25, -0.2) is 0 Å². The van der Waals surface area contributed by atoms with E-state index in [9.17, 15) is 5.11 Å². The van der Waals surface area contributed by atoms with E-state index in [4.69, 9.17) is 0 Å². The van der Waals surface area contributed by atoms with E-state index in [2.05, 4.69) is 47.6 Å². The van der Waals surface area contributed by atoms with Crippen LogP contribution in [-0.2, 0) is 5.41 Å². The van der Waals surface area contributed by atoms with Crippen LogP contribution in [0, 0.1) is 12.3 Å². The van der Waals surface area contributed by atoms with Crippen molar-refractivity contribution in [2.45, 2.75) is 47.0 Å². The molecule has 0 saturated carbocycles. The van der Waals surface area contributed by atoms with Crippen molar-refractivity contribution in [2.24, 2.45) is 5.41 Å². The smallest absolute Gasteiger partial charge is 0.119 e. The number of aromatic hydroxyl groups is 1. The van der Waals surface area contributed by atoms with Crippen LogP contribution in [-0.4, -0.2) is 5.11 Å². The summed E-state index contributed by atoms with van der Waals surface area (Å²) in [6.45, 7) is 13.0. The van der Waals surface area contributed by atoms with E-state index >= 15 is 0 Å². The van der Waals surface area contributed by atoms with Gasteiger partial charge in [0.25, 0.3) is 0 Å². The second-order valence-electron chi connectivity index (χ2n) is 5.90. The molecule has 0 aliphatic rings. The monoisotopic (exact) mass is 206 g/mol. The highest BCUT2D eigenvalue weighted by Crippen LogP contribution is 2.44. The Morgan fingerprint density at radius 3 is 2.00 bits per heavy atom. The number of hydrogen-bond acceptors (Lipinski definition) is 1. The van der Waals surface area contributed by atoms with E-state index in [-0.39, 0.29) is 10.8 Å². The molecule has 1 nitrogen and oxygen atoms in total. The predicted molar refractivity (Wildman–Crippen MR) is 65.3 cm³/mol. The van der Waals surface area contributed by atoms with Crippen LogP contribution in [0.3, 0.4) is 0 Å². The average molecular weight is 206 g/mol. The van der Waals surface area contributed by atoms with Crippen LogP contribution in [0.1, 0.15) is 45.7 Å². The lowest BCUT2D eigenvalue weighted by Gasteiger charge is -2.39. The van der Waals surface area contributed by atoms with E-state index < -0.39 is 0 Å². The fourth-order valence-electron chi connectivity index (χ4n) is 1.55. The summed E-state index contributed by atoms with van der Waals surface area (Å²) in [6, 6.07) is 5.82. The number of rotatable bonds is 1. The molecule has 0 fully saturated rings. The highest BCUT2D eigenvalue weighted by atomic mass is 16.3. The third kappa shape index (κ3) is 2.17. The second kappa shape index (κ2) is 3.55. The molecule has 0 spiro atoms. The number of benzene rings is 1. The first kappa shape index (κ1) is 12.1. The fraction of sp³-hybridized carbons (Fsp3) is 0.571. The van der Waals surface area contributed by atoms with Crippen LogP contribution < -0.4 is 0 Å². The summed E-state index contributed by atoms with van der Waals surface area (Å²) in [5.74, 6) is 0.403. The minimum Gasteiger partial charge on any atom is -0.508 e. The standard InChI is InChI=1S/C14H22O/c1-10-7-8-12(15)11(9-10)14(5,6)13(2,3)4/h7-9,15H,1-6H3. The molecule has 1 N–H and O–H groups in total. The zero-order valence-electron chi connectivity index (χ0n) is 10.7. The van der Waals surface area contributed by atoms with Crippen molar-refractivity contribution in [1.29, 1.82) is 0 Å². The van der Waals surface area contributed by atoms with Crippen LogP contribution in [0.5, 0.6) is 5.75 Å². The molecule has 0 aromatic heterocycles. The molecule has 1 aromatic carbocycles. The lowest BCUT2D eigenvalue weighted by Crippen LogP contribution is -2.34. The van der Waals surface area contributed by atoms with Crippen molar-refractivity contribution < 1.29 is 5.11 Å². The van der Waals surface area contributed by atoms with Gasteiger partial charge in [0.2, 0.25) is 0 Å². The molecule has 1 heteroatoms. The lowest BCUT2D eigenvalue weighted by molar-refractivity contribution is 0.219. The van der Waals surface area contributed by atoms with Gasteiger partial charge in [0.1, 0.15) is 5.75 Å². The molecule has 1 rings (SSSR count). The Labute approximate surface area is 93.1 Å². The Balaban J connectivity index is 3.32. The third-order valence-electron chi connectivity index (χ3n) is 3.70. The Morgan fingerprint density at radius 2 is 1.53 bits per heavy atom. The maximum absolute atomic E-state index is 9.93. The van der Waals surface area contributed by atoms with Crippen molar-refractivity contribution in [2.75, 3.05) is 0 Å². The van der Waals surface area contributed by atoms with Crippen molar-refractivity contribution >= 4 is 0 Å². The lowest BCUT2D eigenvalue weighted by atomic mass is 9.65. The van der Waals surface area contributed by atoms with Gasteiger partial charge in [-0.3, -0.25) is 0 Å². The average Bonchev–Trinajstić information content (AvgIpc) is 2.07. The summed E-state index contributed by atoms with van der Waals surface area (Å²) in [5, 5.41) is 9.93. The SMILES string of the molecule is Cc1ccc(O)c(C(C)(C)C(C)(C)C)c1. The van der Waals surface area contributed by atoms with Crippen molar-refractivity contribution in [3.8, 4) is 5.75 Å². The first-order chi connectivity index (χ1) is 6.66. The zero-order chi connectivity index (χ0) is 11.9. The first-order valence-corrected chi connectivity index (χ1v) is 5.46. The molecule has 1 aromatic rings. The van der Waals surface area contributed by atoms with Gasteiger partial charge in [-0.2, -0.15) is 0 Å². The molecular weight excluding hydrogens is 184 g/mol. The summed E-state index contributed by atoms with van der Waals surface area (Å²) in [5.41, 5.74) is 2.32. The molecule has 0 saturated heterocycles. The normalized spacial score (nSPS) is 12.9. The highest BCUT2D eigenvalue weighted by Gasteiger charge is 2.36. The number of phenolic OH excluding ortho intramolecular Hbond substituents is 1. The van der Waals surface area contributed by atoms with Crippen LogP contribution in [0.25, 0.3) is 0 Å². The first-order valence-electron chi connectivity index (χ1n) is 5.46. The fourth-order valence-corrected chi connectivity index (χ4v) is 1.55. The summed E-state index contributed by atoms with van der Waals surface area (Å²) in [6.07, 6.45) is 0.